The standard InChI is InChI=1S/C26H28ClFN2O3S2/c1-16-13-17(2)25(30-10-5-4-6-11-30)18(3)20(16)15-23(31)26-22(9-12-34-26)29-35(32,33)24-8-7-19(27)14-21(24)28/h7-9,12-14,29H,4-6,10-11,15H2,1-3H3. The summed E-state index contributed by atoms with van der Waals surface area (Å²) in [5, 5.41) is 1.75. The van der Waals surface area contributed by atoms with Gasteiger partial charge in [-0.2, -0.15) is 0 Å². The van der Waals surface area contributed by atoms with Crippen LogP contribution in [0.15, 0.2) is 40.6 Å². The molecular formula is C26H28ClFN2O3S2. The first-order valence-corrected chi connectivity index (χ1v) is 14.3. The first kappa shape index (κ1) is 25.7. The molecule has 1 saturated heterocycles. The molecule has 2 aromatic carbocycles. The molecule has 3 aromatic rings. The van der Waals surface area contributed by atoms with Gasteiger partial charge in [-0.1, -0.05) is 17.7 Å². The second kappa shape index (κ2) is 10.3. The highest BCUT2D eigenvalue weighted by molar-refractivity contribution is 7.92. The van der Waals surface area contributed by atoms with Crippen molar-refractivity contribution >= 4 is 50.1 Å². The lowest BCUT2D eigenvalue weighted by Gasteiger charge is -2.33. The summed E-state index contributed by atoms with van der Waals surface area (Å²) in [6.45, 7) is 8.20. The van der Waals surface area contributed by atoms with E-state index in [1.807, 2.05) is 6.92 Å². The lowest BCUT2D eigenvalue weighted by atomic mass is 9.92. The fraction of sp³-hybridized carbons (Fsp3) is 0.346. The Balaban J connectivity index is 1.61. The lowest BCUT2D eigenvalue weighted by molar-refractivity contribution is 0.0997. The molecular weight excluding hydrogens is 507 g/mol. The number of piperidine rings is 1. The number of rotatable bonds is 7. The van der Waals surface area contributed by atoms with Crippen molar-refractivity contribution in [1.82, 2.24) is 0 Å². The number of carbonyl (C=O) groups is 1. The molecule has 0 unspecified atom stereocenters. The maximum atomic E-state index is 14.3. The second-order valence-electron chi connectivity index (χ2n) is 8.95. The highest BCUT2D eigenvalue weighted by Gasteiger charge is 2.25. The van der Waals surface area contributed by atoms with Crippen molar-refractivity contribution < 1.29 is 17.6 Å². The molecule has 1 N–H and O–H groups in total. The number of hydrogen-bond acceptors (Lipinski definition) is 5. The van der Waals surface area contributed by atoms with Crippen LogP contribution in [0.4, 0.5) is 15.8 Å². The number of aryl methyl sites for hydroxylation is 2. The molecule has 1 aliphatic heterocycles. The zero-order chi connectivity index (χ0) is 25.3. The van der Waals surface area contributed by atoms with Gasteiger partial charge in [-0.15, -0.1) is 11.3 Å². The van der Waals surface area contributed by atoms with Gasteiger partial charge in [-0.05, 0) is 91.9 Å². The molecule has 186 valence electrons. The Kier molecular flexibility index (Phi) is 7.54. The minimum atomic E-state index is -4.24. The van der Waals surface area contributed by atoms with E-state index in [-0.39, 0.29) is 22.9 Å². The van der Waals surface area contributed by atoms with Gasteiger partial charge >= 0.3 is 0 Å². The van der Waals surface area contributed by atoms with E-state index in [0.717, 1.165) is 66.1 Å². The third kappa shape index (κ3) is 5.39. The number of thiophene rings is 1. The molecule has 1 aliphatic rings. The number of hydrogen-bond donors (Lipinski definition) is 1. The van der Waals surface area contributed by atoms with Gasteiger partial charge in [-0.25, -0.2) is 12.8 Å². The number of nitrogens with zero attached hydrogens (tertiary/aromatic N) is 1. The van der Waals surface area contributed by atoms with E-state index in [4.69, 9.17) is 11.6 Å². The van der Waals surface area contributed by atoms with Gasteiger partial charge in [-0.3, -0.25) is 9.52 Å². The fourth-order valence-corrected chi connectivity index (χ4v) is 6.98. The van der Waals surface area contributed by atoms with Crippen molar-refractivity contribution in [3.63, 3.8) is 0 Å². The normalized spacial score (nSPS) is 14.3. The average molecular weight is 535 g/mol. The van der Waals surface area contributed by atoms with E-state index in [0.29, 0.717) is 4.88 Å². The number of ketones is 1. The minimum absolute atomic E-state index is 0.0978. The van der Waals surface area contributed by atoms with Gasteiger partial charge in [0, 0.05) is 30.2 Å². The number of benzene rings is 2. The molecule has 0 bridgehead atoms. The summed E-state index contributed by atoms with van der Waals surface area (Å²) >= 11 is 6.91. The van der Waals surface area contributed by atoms with Crippen LogP contribution in [-0.2, 0) is 16.4 Å². The summed E-state index contributed by atoms with van der Waals surface area (Å²) in [6.07, 6.45) is 3.72. The fourth-order valence-electron chi connectivity index (χ4n) is 4.83. The number of anilines is 2. The molecule has 1 fully saturated rings. The first-order chi connectivity index (χ1) is 16.6. The number of Topliss-reactive ketones (excluding diaryl/α,β-unsaturated/α-hetero) is 1. The Hall–Kier alpha value is -2.42. The van der Waals surface area contributed by atoms with Crippen molar-refractivity contribution in [2.45, 2.75) is 51.3 Å². The molecule has 4 rings (SSSR count). The Morgan fingerprint density at radius 1 is 1.09 bits per heavy atom. The molecule has 0 saturated carbocycles. The monoisotopic (exact) mass is 534 g/mol. The van der Waals surface area contributed by atoms with Gasteiger partial charge in [0.1, 0.15) is 10.7 Å². The number of carbonyl (C=O) groups excluding carboxylic acids is 1. The maximum absolute atomic E-state index is 14.3. The molecule has 1 aromatic heterocycles. The maximum Gasteiger partial charge on any atom is 0.264 e. The van der Waals surface area contributed by atoms with Gasteiger partial charge in [0.05, 0.1) is 10.6 Å². The van der Waals surface area contributed by atoms with E-state index in [2.05, 4.69) is 29.5 Å². The molecule has 0 spiro atoms. The van der Waals surface area contributed by atoms with Crippen LogP contribution >= 0.6 is 22.9 Å². The van der Waals surface area contributed by atoms with Crippen LogP contribution in [-0.4, -0.2) is 27.3 Å². The van der Waals surface area contributed by atoms with Gasteiger partial charge in [0.25, 0.3) is 10.0 Å². The molecule has 2 heterocycles. The number of nitrogens with one attached hydrogen (secondary N) is 1. The van der Waals surface area contributed by atoms with Crippen LogP contribution in [0, 0.1) is 26.6 Å². The average Bonchev–Trinajstić information content (AvgIpc) is 3.24. The minimum Gasteiger partial charge on any atom is -0.371 e. The molecule has 35 heavy (non-hydrogen) atoms. The van der Waals surface area contributed by atoms with E-state index < -0.39 is 20.7 Å². The van der Waals surface area contributed by atoms with E-state index in [1.165, 1.54) is 29.8 Å². The molecule has 9 heteroatoms. The Bertz CT molecular complexity index is 1380. The van der Waals surface area contributed by atoms with Crippen LogP contribution in [0.25, 0.3) is 0 Å². The highest BCUT2D eigenvalue weighted by atomic mass is 35.5. The topological polar surface area (TPSA) is 66.5 Å². The molecule has 0 atom stereocenters. The molecule has 0 radical (unpaired) electrons. The summed E-state index contributed by atoms with van der Waals surface area (Å²) in [5.41, 5.74) is 5.65. The van der Waals surface area contributed by atoms with E-state index in [9.17, 15) is 17.6 Å². The summed E-state index contributed by atoms with van der Waals surface area (Å²) in [4.78, 5) is 15.6. The smallest absolute Gasteiger partial charge is 0.264 e. The third-order valence-electron chi connectivity index (χ3n) is 6.45. The molecule has 0 aliphatic carbocycles. The number of sulfonamides is 1. The molecule has 5 nitrogen and oxygen atoms in total. The van der Waals surface area contributed by atoms with E-state index in [1.54, 1.807) is 5.38 Å². The molecule has 0 amide bonds. The van der Waals surface area contributed by atoms with Gasteiger partial charge in [0.15, 0.2) is 5.78 Å². The van der Waals surface area contributed by atoms with Crippen LogP contribution in [0.3, 0.4) is 0 Å². The van der Waals surface area contributed by atoms with Gasteiger partial charge < -0.3 is 4.90 Å². The Labute approximate surface area is 215 Å². The van der Waals surface area contributed by atoms with Crippen molar-refractivity contribution in [3.8, 4) is 0 Å². The summed E-state index contributed by atoms with van der Waals surface area (Å²) in [7, 11) is -4.24. The zero-order valence-corrected chi connectivity index (χ0v) is 22.3. The zero-order valence-electron chi connectivity index (χ0n) is 20.0. The largest absolute Gasteiger partial charge is 0.371 e. The van der Waals surface area contributed by atoms with Crippen LogP contribution in [0.1, 0.15) is 51.2 Å². The van der Waals surface area contributed by atoms with Crippen molar-refractivity contribution in [2.24, 2.45) is 0 Å². The van der Waals surface area contributed by atoms with Crippen molar-refractivity contribution in [1.29, 1.82) is 0 Å². The first-order valence-electron chi connectivity index (χ1n) is 11.5. The third-order valence-corrected chi connectivity index (χ3v) is 9.04. The van der Waals surface area contributed by atoms with Crippen LogP contribution < -0.4 is 9.62 Å². The number of halogens is 2. The Morgan fingerprint density at radius 3 is 2.49 bits per heavy atom. The summed E-state index contributed by atoms with van der Waals surface area (Å²) in [5.74, 6) is -1.14. The predicted octanol–water partition coefficient (Wildman–Crippen LogP) is 6.68. The van der Waals surface area contributed by atoms with Crippen LogP contribution in [0.2, 0.25) is 5.02 Å². The van der Waals surface area contributed by atoms with E-state index >= 15 is 0 Å². The summed E-state index contributed by atoms with van der Waals surface area (Å²) in [6, 6.07) is 7.01. The highest BCUT2D eigenvalue weighted by Crippen LogP contribution is 2.34. The summed E-state index contributed by atoms with van der Waals surface area (Å²) < 4.78 is 42.3. The Morgan fingerprint density at radius 2 is 1.80 bits per heavy atom. The lowest BCUT2D eigenvalue weighted by Crippen LogP contribution is -2.31. The quantitative estimate of drug-likeness (QED) is 0.343. The predicted molar refractivity (Wildman–Crippen MR) is 141 cm³/mol. The van der Waals surface area contributed by atoms with Crippen molar-refractivity contribution in [3.05, 3.63) is 73.7 Å². The second-order valence-corrected chi connectivity index (χ2v) is 12.0. The van der Waals surface area contributed by atoms with Crippen LogP contribution in [0.5, 0.6) is 0 Å². The van der Waals surface area contributed by atoms with Crippen molar-refractivity contribution in [2.75, 3.05) is 22.7 Å². The van der Waals surface area contributed by atoms with Gasteiger partial charge in [0.2, 0.25) is 0 Å². The SMILES string of the molecule is Cc1cc(C)c(N2CCCCC2)c(C)c1CC(=O)c1sccc1NS(=O)(=O)c1ccc(Cl)cc1F.